The SMILES string of the molecule is CC(=O)N1C(=O)N[C@H](CCCCN(C(C)=O)C2CCCCC2)C1=O. The Morgan fingerprint density at radius 3 is 2.33 bits per heavy atom. The van der Waals surface area contributed by atoms with Crippen LogP contribution in [0.5, 0.6) is 0 Å². The third-order valence-corrected chi connectivity index (χ3v) is 4.90. The van der Waals surface area contributed by atoms with E-state index in [4.69, 9.17) is 0 Å². The normalized spacial score (nSPS) is 21.8. The minimum absolute atomic E-state index is 0.106. The third-order valence-electron chi connectivity index (χ3n) is 4.90. The number of nitrogens with one attached hydrogen (secondary N) is 1. The highest BCUT2D eigenvalue weighted by Crippen LogP contribution is 2.23. The summed E-state index contributed by atoms with van der Waals surface area (Å²) < 4.78 is 0. The fourth-order valence-corrected chi connectivity index (χ4v) is 3.65. The first-order valence-electron chi connectivity index (χ1n) is 8.84. The molecule has 24 heavy (non-hydrogen) atoms. The average molecular weight is 337 g/mol. The lowest BCUT2D eigenvalue weighted by atomic mass is 9.94. The summed E-state index contributed by atoms with van der Waals surface area (Å²) in [5, 5.41) is 2.55. The summed E-state index contributed by atoms with van der Waals surface area (Å²) in [4.78, 5) is 49.4. The number of amides is 5. The van der Waals surface area contributed by atoms with Crippen LogP contribution in [0, 0.1) is 0 Å². The van der Waals surface area contributed by atoms with E-state index in [9.17, 15) is 19.2 Å². The molecule has 2 aliphatic rings. The van der Waals surface area contributed by atoms with Crippen molar-refractivity contribution in [3.05, 3.63) is 0 Å². The zero-order valence-corrected chi connectivity index (χ0v) is 14.5. The van der Waals surface area contributed by atoms with E-state index in [1.54, 1.807) is 6.92 Å². The molecule has 0 radical (unpaired) electrons. The van der Waals surface area contributed by atoms with Crippen LogP contribution in [0.15, 0.2) is 0 Å². The smallest absolute Gasteiger partial charge is 0.331 e. The number of urea groups is 1. The van der Waals surface area contributed by atoms with Gasteiger partial charge in [-0.25, -0.2) is 4.79 Å². The highest BCUT2D eigenvalue weighted by Gasteiger charge is 2.40. The van der Waals surface area contributed by atoms with Crippen LogP contribution in [0.2, 0.25) is 0 Å². The molecule has 134 valence electrons. The predicted octanol–water partition coefficient (Wildman–Crippen LogP) is 1.80. The topological polar surface area (TPSA) is 86.8 Å². The van der Waals surface area contributed by atoms with Gasteiger partial charge in [-0.15, -0.1) is 0 Å². The van der Waals surface area contributed by atoms with Crippen LogP contribution in [0.4, 0.5) is 4.79 Å². The van der Waals surface area contributed by atoms with Gasteiger partial charge in [0.05, 0.1) is 0 Å². The van der Waals surface area contributed by atoms with Crippen molar-refractivity contribution < 1.29 is 19.2 Å². The molecule has 1 atom stereocenters. The summed E-state index contributed by atoms with van der Waals surface area (Å²) in [5.74, 6) is -0.918. The Hall–Kier alpha value is -1.92. The average Bonchev–Trinajstić information content (AvgIpc) is 2.81. The molecule has 1 aliphatic heterocycles. The number of nitrogens with zero attached hydrogens (tertiary/aromatic N) is 2. The van der Waals surface area contributed by atoms with Gasteiger partial charge in [0.1, 0.15) is 6.04 Å². The molecule has 2 fully saturated rings. The summed E-state index contributed by atoms with van der Waals surface area (Å²) >= 11 is 0. The van der Waals surface area contributed by atoms with Gasteiger partial charge in [-0.3, -0.25) is 14.4 Å². The lowest BCUT2D eigenvalue weighted by Gasteiger charge is -2.33. The maximum absolute atomic E-state index is 12.0. The minimum Gasteiger partial charge on any atom is -0.340 e. The van der Waals surface area contributed by atoms with Crippen molar-refractivity contribution in [2.24, 2.45) is 0 Å². The van der Waals surface area contributed by atoms with Crippen LogP contribution < -0.4 is 5.32 Å². The number of carbonyl (C=O) groups is 4. The van der Waals surface area contributed by atoms with Crippen molar-refractivity contribution in [1.29, 1.82) is 0 Å². The highest BCUT2D eigenvalue weighted by atomic mass is 16.2. The van der Waals surface area contributed by atoms with Crippen molar-refractivity contribution in [2.75, 3.05) is 6.54 Å². The van der Waals surface area contributed by atoms with Gasteiger partial charge < -0.3 is 10.2 Å². The second kappa shape index (κ2) is 8.26. The Kier molecular flexibility index (Phi) is 6.34. The first-order chi connectivity index (χ1) is 11.4. The Balaban J connectivity index is 1.77. The maximum atomic E-state index is 12.0. The first-order valence-corrected chi connectivity index (χ1v) is 8.84. The fourth-order valence-electron chi connectivity index (χ4n) is 3.65. The van der Waals surface area contributed by atoms with Crippen LogP contribution in [0.3, 0.4) is 0 Å². The zero-order chi connectivity index (χ0) is 17.7. The minimum atomic E-state index is -0.634. The van der Waals surface area contributed by atoms with Crippen molar-refractivity contribution in [3.63, 3.8) is 0 Å². The predicted molar refractivity (Wildman–Crippen MR) is 88.0 cm³/mol. The van der Waals surface area contributed by atoms with Gasteiger partial charge in [-0.1, -0.05) is 19.3 Å². The second-order valence-corrected chi connectivity index (χ2v) is 6.69. The molecule has 5 amide bonds. The molecule has 7 heteroatoms. The summed E-state index contributed by atoms with van der Waals surface area (Å²) in [6.45, 7) is 3.50. The summed E-state index contributed by atoms with van der Waals surface area (Å²) in [6.07, 6.45) is 7.75. The van der Waals surface area contributed by atoms with Crippen LogP contribution >= 0.6 is 0 Å². The second-order valence-electron chi connectivity index (χ2n) is 6.69. The van der Waals surface area contributed by atoms with Crippen molar-refractivity contribution >= 4 is 23.8 Å². The Morgan fingerprint density at radius 1 is 1.12 bits per heavy atom. The lowest BCUT2D eigenvalue weighted by molar-refractivity contribution is -0.138. The maximum Gasteiger partial charge on any atom is 0.331 e. The van der Waals surface area contributed by atoms with Gasteiger partial charge in [0.15, 0.2) is 0 Å². The van der Waals surface area contributed by atoms with Gasteiger partial charge in [-0.05, 0) is 32.1 Å². The molecule has 1 aliphatic carbocycles. The van der Waals surface area contributed by atoms with Crippen LogP contribution in [-0.2, 0) is 14.4 Å². The van der Waals surface area contributed by atoms with Crippen molar-refractivity contribution in [2.45, 2.75) is 77.3 Å². The molecule has 7 nitrogen and oxygen atoms in total. The van der Waals surface area contributed by atoms with E-state index in [2.05, 4.69) is 5.32 Å². The summed E-state index contributed by atoms with van der Waals surface area (Å²) in [7, 11) is 0. The summed E-state index contributed by atoms with van der Waals surface area (Å²) in [5.41, 5.74) is 0. The number of rotatable bonds is 6. The Bertz CT molecular complexity index is 514. The molecule has 0 bridgehead atoms. The zero-order valence-electron chi connectivity index (χ0n) is 14.5. The largest absolute Gasteiger partial charge is 0.340 e. The number of hydrogen-bond acceptors (Lipinski definition) is 4. The molecular weight excluding hydrogens is 310 g/mol. The van der Waals surface area contributed by atoms with E-state index in [0.717, 1.165) is 25.7 Å². The summed E-state index contributed by atoms with van der Waals surface area (Å²) in [6, 6.07) is -0.913. The van der Waals surface area contributed by atoms with Crippen molar-refractivity contribution in [1.82, 2.24) is 15.1 Å². The van der Waals surface area contributed by atoms with E-state index in [1.165, 1.54) is 26.2 Å². The molecule has 0 aromatic carbocycles. The molecule has 0 unspecified atom stereocenters. The first kappa shape index (κ1) is 18.4. The van der Waals surface area contributed by atoms with Gasteiger partial charge >= 0.3 is 6.03 Å². The van der Waals surface area contributed by atoms with Crippen LogP contribution in [-0.4, -0.2) is 52.2 Å². The van der Waals surface area contributed by atoms with Gasteiger partial charge in [-0.2, -0.15) is 4.90 Å². The van der Waals surface area contributed by atoms with Gasteiger partial charge in [0.25, 0.3) is 5.91 Å². The number of imide groups is 3. The van der Waals surface area contributed by atoms with E-state index >= 15 is 0 Å². The third kappa shape index (κ3) is 4.33. The molecule has 1 N–H and O–H groups in total. The molecule has 0 spiro atoms. The molecule has 1 saturated carbocycles. The standard InChI is InChI=1S/C17H27N3O4/c1-12(21)19(14-8-4-3-5-9-14)11-7-6-10-15-16(23)20(13(2)22)17(24)18-15/h14-15H,3-11H2,1-2H3,(H,18,24)/t15-/m1/s1. The fraction of sp³-hybridized carbons (Fsp3) is 0.765. The molecular formula is C17H27N3O4. The highest BCUT2D eigenvalue weighted by molar-refractivity contribution is 6.15. The number of unbranched alkanes of at least 4 members (excludes halogenated alkanes) is 1. The quantitative estimate of drug-likeness (QED) is 0.591. The van der Waals surface area contributed by atoms with E-state index in [-0.39, 0.29) is 5.91 Å². The number of hydrogen-bond donors (Lipinski definition) is 1. The van der Waals surface area contributed by atoms with E-state index < -0.39 is 23.9 Å². The Morgan fingerprint density at radius 2 is 1.79 bits per heavy atom. The monoisotopic (exact) mass is 337 g/mol. The van der Waals surface area contributed by atoms with Gasteiger partial charge in [0.2, 0.25) is 11.8 Å². The van der Waals surface area contributed by atoms with Crippen LogP contribution in [0.1, 0.15) is 65.2 Å². The molecule has 2 rings (SSSR count). The molecule has 0 aromatic rings. The van der Waals surface area contributed by atoms with E-state index in [1.807, 2.05) is 4.90 Å². The lowest BCUT2D eigenvalue weighted by Crippen LogP contribution is -2.40. The number of carbonyl (C=O) groups excluding carboxylic acids is 4. The van der Waals surface area contributed by atoms with Gasteiger partial charge in [0, 0.05) is 26.4 Å². The van der Waals surface area contributed by atoms with Crippen LogP contribution in [0.25, 0.3) is 0 Å². The van der Waals surface area contributed by atoms with E-state index in [0.29, 0.717) is 23.9 Å². The van der Waals surface area contributed by atoms with Crippen molar-refractivity contribution in [3.8, 4) is 0 Å². The molecule has 1 saturated heterocycles. The molecule has 0 aromatic heterocycles. The Labute approximate surface area is 142 Å². The molecule has 1 heterocycles.